The molecule has 0 fully saturated rings. The second kappa shape index (κ2) is 13.7. The van der Waals surface area contributed by atoms with Crippen LogP contribution < -0.4 is 4.74 Å². The highest BCUT2D eigenvalue weighted by molar-refractivity contribution is 14.1. The van der Waals surface area contributed by atoms with Gasteiger partial charge < -0.3 is 9.47 Å². The Kier molecular flexibility index (Phi) is 11.9. The summed E-state index contributed by atoms with van der Waals surface area (Å²) >= 11 is 2.24. The van der Waals surface area contributed by atoms with Crippen molar-refractivity contribution in [2.24, 2.45) is 4.99 Å². The molecule has 1 aliphatic heterocycles. The summed E-state index contributed by atoms with van der Waals surface area (Å²) in [4.78, 5) is 4.73. The van der Waals surface area contributed by atoms with Crippen LogP contribution in [0.5, 0.6) is 5.75 Å². The van der Waals surface area contributed by atoms with E-state index in [-0.39, 0.29) is 6.61 Å². The molecule has 0 aliphatic carbocycles. The highest BCUT2D eigenvalue weighted by atomic mass is 127. The van der Waals surface area contributed by atoms with Gasteiger partial charge in [0, 0.05) is 6.92 Å². The molecule has 1 aliphatic rings. The quantitative estimate of drug-likeness (QED) is 0.117. The maximum Gasteiger partial charge on any atom is 0.475 e. The van der Waals surface area contributed by atoms with Gasteiger partial charge in [0.25, 0.3) is 0 Å². The Bertz CT molecular complexity index is 900. The SMILES string of the molecule is CC1=NC(CCc2ccc(OCCCCC=CI)cc2)(COP(=O)(OC(C)(C)C)OC(C)(C)C)CO1. The van der Waals surface area contributed by atoms with Crippen molar-refractivity contribution in [2.75, 3.05) is 19.8 Å². The Balaban J connectivity index is 1.99. The van der Waals surface area contributed by atoms with Crippen LogP contribution in [0, 0.1) is 0 Å². The maximum absolute atomic E-state index is 13.5. The minimum Gasteiger partial charge on any atom is -0.494 e. The molecule has 1 unspecified atom stereocenters. The smallest absolute Gasteiger partial charge is 0.475 e. The van der Waals surface area contributed by atoms with Crippen LogP contribution in [0.1, 0.15) is 79.7 Å². The van der Waals surface area contributed by atoms with Crippen LogP contribution >= 0.6 is 30.4 Å². The lowest BCUT2D eigenvalue weighted by Crippen LogP contribution is -2.36. The number of phosphoric ester groups is 1. The number of aliphatic imine (C=N–C) groups is 1. The van der Waals surface area contributed by atoms with Crippen molar-refractivity contribution in [1.82, 2.24) is 0 Å². The normalized spacial score (nSPS) is 18.9. The first-order valence-electron chi connectivity index (χ1n) is 12.6. The molecule has 1 aromatic carbocycles. The van der Waals surface area contributed by atoms with Crippen molar-refractivity contribution in [2.45, 2.75) is 97.3 Å². The zero-order chi connectivity index (χ0) is 26.9. The summed E-state index contributed by atoms with van der Waals surface area (Å²) in [7, 11) is -3.84. The number of halogens is 1. The van der Waals surface area contributed by atoms with E-state index in [1.54, 1.807) is 0 Å². The van der Waals surface area contributed by atoms with Gasteiger partial charge in [-0.2, -0.15) is 0 Å². The Morgan fingerprint density at radius 1 is 1.08 bits per heavy atom. The summed E-state index contributed by atoms with van der Waals surface area (Å²) in [6.07, 6.45) is 6.84. The van der Waals surface area contributed by atoms with E-state index in [1.807, 2.05) is 60.6 Å². The van der Waals surface area contributed by atoms with E-state index in [9.17, 15) is 4.57 Å². The number of rotatable bonds is 14. The molecule has 7 nitrogen and oxygen atoms in total. The summed E-state index contributed by atoms with van der Waals surface area (Å²) in [6, 6.07) is 8.16. The van der Waals surface area contributed by atoms with Crippen molar-refractivity contribution in [3.05, 3.63) is 40.0 Å². The largest absolute Gasteiger partial charge is 0.494 e. The zero-order valence-electron chi connectivity index (χ0n) is 22.8. The zero-order valence-corrected chi connectivity index (χ0v) is 25.9. The van der Waals surface area contributed by atoms with Gasteiger partial charge in [-0.25, -0.2) is 9.56 Å². The number of phosphoric acid groups is 1. The number of nitrogens with zero attached hydrogens (tertiary/aromatic N) is 1. The highest BCUT2D eigenvalue weighted by Crippen LogP contribution is 2.56. The Morgan fingerprint density at radius 2 is 1.72 bits per heavy atom. The van der Waals surface area contributed by atoms with Crippen molar-refractivity contribution < 1.29 is 27.6 Å². The number of hydrogen-bond donors (Lipinski definition) is 0. The number of hydrogen-bond acceptors (Lipinski definition) is 7. The van der Waals surface area contributed by atoms with Crippen LogP contribution in [-0.2, 0) is 29.3 Å². The molecule has 0 saturated heterocycles. The maximum atomic E-state index is 13.5. The summed E-state index contributed by atoms with van der Waals surface area (Å²) < 4.78 is 44.6. The molecule has 2 rings (SSSR count). The number of benzene rings is 1. The summed E-state index contributed by atoms with van der Waals surface area (Å²) in [5.74, 6) is 1.47. The number of allylic oxidation sites excluding steroid dienone is 1. The second-order valence-electron chi connectivity index (χ2n) is 11.1. The average molecular weight is 636 g/mol. The van der Waals surface area contributed by atoms with Gasteiger partial charge in [-0.1, -0.05) is 40.8 Å². The first kappa shape index (κ1) is 31.3. The summed E-state index contributed by atoms with van der Waals surface area (Å²) in [5.41, 5.74) is -0.900. The van der Waals surface area contributed by atoms with Gasteiger partial charge >= 0.3 is 7.82 Å². The van der Waals surface area contributed by atoms with E-state index < -0.39 is 24.6 Å². The van der Waals surface area contributed by atoms with Crippen molar-refractivity contribution in [3.8, 4) is 5.75 Å². The first-order chi connectivity index (χ1) is 16.7. The first-order valence-corrected chi connectivity index (χ1v) is 15.3. The van der Waals surface area contributed by atoms with Gasteiger partial charge in [-0.3, -0.25) is 13.6 Å². The van der Waals surface area contributed by atoms with Gasteiger partial charge in [-0.05, 0) is 95.4 Å². The molecule has 1 atom stereocenters. The number of ether oxygens (including phenoxy) is 2. The Labute approximate surface area is 231 Å². The van der Waals surface area contributed by atoms with Crippen molar-refractivity contribution in [1.29, 1.82) is 0 Å². The fourth-order valence-electron chi connectivity index (χ4n) is 3.60. The third-order valence-electron chi connectivity index (χ3n) is 5.13. The highest BCUT2D eigenvalue weighted by Gasteiger charge is 2.42. The lowest BCUT2D eigenvalue weighted by Gasteiger charge is -2.33. The second-order valence-corrected chi connectivity index (χ2v) is 13.4. The van der Waals surface area contributed by atoms with Crippen LogP contribution in [-0.4, -0.2) is 42.5 Å². The molecular weight excluding hydrogens is 592 g/mol. The van der Waals surface area contributed by atoms with Crippen LogP contribution in [0.25, 0.3) is 0 Å². The van der Waals surface area contributed by atoms with E-state index in [0.29, 0.717) is 25.5 Å². The van der Waals surface area contributed by atoms with E-state index >= 15 is 0 Å². The fraction of sp³-hybridized carbons (Fsp3) is 0.667. The topological polar surface area (TPSA) is 75.6 Å². The fourth-order valence-corrected chi connectivity index (χ4v) is 5.84. The molecule has 1 aromatic rings. The molecule has 0 N–H and O–H groups in total. The molecule has 0 bridgehead atoms. The summed E-state index contributed by atoms with van der Waals surface area (Å²) in [6.45, 7) is 13.9. The minimum atomic E-state index is -3.84. The Morgan fingerprint density at radius 3 is 2.25 bits per heavy atom. The van der Waals surface area contributed by atoms with Crippen LogP contribution in [0.3, 0.4) is 0 Å². The molecule has 0 radical (unpaired) electrons. The van der Waals surface area contributed by atoms with Gasteiger partial charge in [-0.15, -0.1) is 0 Å². The van der Waals surface area contributed by atoms with Gasteiger partial charge in [0.1, 0.15) is 17.9 Å². The molecule has 0 amide bonds. The lowest BCUT2D eigenvalue weighted by atomic mass is 9.94. The van der Waals surface area contributed by atoms with Gasteiger partial charge in [0.15, 0.2) is 5.90 Å². The van der Waals surface area contributed by atoms with E-state index in [1.165, 1.54) is 0 Å². The molecular formula is C27H43INO6P. The van der Waals surface area contributed by atoms with Gasteiger partial charge in [0.05, 0.1) is 24.4 Å². The predicted molar refractivity (Wildman–Crippen MR) is 154 cm³/mol. The number of aryl methyl sites for hydroxylation is 1. The van der Waals surface area contributed by atoms with Crippen LogP contribution in [0.2, 0.25) is 0 Å². The third kappa shape index (κ3) is 12.1. The third-order valence-corrected chi connectivity index (χ3v) is 7.63. The van der Waals surface area contributed by atoms with E-state index in [0.717, 1.165) is 37.0 Å². The Hall–Kier alpha value is -0.930. The van der Waals surface area contributed by atoms with Crippen LogP contribution in [0.15, 0.2) is 39.4 Å². The molecule has 9 heteroatoms. The van der Waals surface area contributed by atoms with Crippen LogP contribution in [0.4, 0.5) is 0 Å². The van der Waals surface area contributed by atoms with Crippen molar-refractivity contribution >= 4 is 36.3 Å². The predicted octanol–water partition coefficient (Wildman–Crippen LogP) is 8.06. The molecule has 0 spiro atoms. The van der Waals surface area contributed by atoms with Crippen molar-refractivity contribution in [3.63, 3.8) is 0 Å². The molecule has 204 valence electrons. The van der Waals surface area contributed by atoms with E-state index in [4.69, 9.17) is 28.0 Å². The average Bonchev–Trinajstić information content (AvgIpc) is 3.13. The molecule has 0 aromatic heterocycles. The number of unbranched alkanes of at least 4 members (excludes halogenated alkanes) is 2. The lowest BCUT2D eigenvalue weighted by molar-refractivity contribution is -0.00465. The minimum absolute atomic E-state index is 0.0712. The monoisotopic (exact) mass is 635 g/mol. The molecule has 36 heavy (non-hydrogen) atoms. The van der Waals surface area contributed by atoms with Gasteiger partial charge in [0.2, 0.25) is 0 Å². The standard InChI is InChI=1S/C27H43INO6P/c1-22-29-27(20-32-22,21-33-36(30,34-25(2,3)4)35-26(5,6)7)17-16-23-12-14-24(15-13-23)31-19-11-9-8-10-18-28/h10,12-15,18H,8-9,11,16-17,19-21H2,1-7H3. The van der Waals surface area contributed by atoms with E-state index in [2.05, 4.69) is 44.9 Å². The molecule has 0 saturated carbocycles. The molecule has 1 heterocycles. The summed E-state index contributed by atoms with van der Waals surface area (Å²) in [5, 5.41) is 0.